The van der Waals surface area contributed by atoms with E-state index >= 15 is 0 Å². The quantitative estimate of drug-likeness (QED) is 0.465. The molecule has 1 unspecified atom stereocenters. The van der Waals surface area contributed by atoms with E-state index in [0.717, 1.165) is 35.5 Å². The van der Waals surface area contributed by atoms with E-state index in [0.29, 0.717) is 28.8 Å². The predicted molar refractivity (Wildman–Crippen MR) is 129 cm³/mol. The Kier molecular flexibility index (Phi) is 6.50. The molecule has 2 heterocycles. The third-order valence-electron chi connectivity index (χ3n) is 5.31. The number of rotatable bonds is 4. The lowest BCUT2D eigenvalue weighted by molar-refractivity contribution is -0.123. The van der Waals surface area contributed by atoms with Crippen molar-refractivity contribution in [3.63, 3.8) is 0 Å². The molecule has 168 valence electrons. The van der Waals surface area contributed by atoms with Crippen LogP contribution in [0.1, 0.15) is 51.8 Å². The van der Waals surface area contributed by atoms with Crippen molar-refractivity contribution in [2.24, 2.45) is 5.41 Å². The second-order valence-electron chi connectivity index (χ2n) is 9.28. The first-order valence-corrected chi connectivity index (χ1v) is 11.5. The Morgan fingerprint density at radius 1 is 1.16 bits per heavy atom. The number of hydrogen-bond acceptors (Lipinski definition) is 3. The number of nitrogens with one attached hydrogen (secondary N) is 1. The summed E-state index contributed by atoms with van der Waals surface area (Å²) in [5.74, 6) is 0.682. The lowest BCUT2D eigenvalue weighted by atomic mass is 9.91. The number of hydrogen-bond donors (Lipinski definition) is 1. The van der Waals surface area contributed by atoms with Gasteiger partial charge >= 0.3 is 0 Å². The molecular weight excluding hydrogens is 445 g/mol. The van der Waals surface area contributed by atoms with Gasteiger partial charge in [0.2, 0.25) is 5.91 Å². The van der Waals surface area contributed by atoms with Crippen LogP contribution in [0.3, 0.4) is 0 Å². The van der Waals surface area contributed by atoms with Crippen LogP contribution >= 0.6 is 23.2 Å². The number of fused-ring (bicyclic) bond motifs is 1. The van der Waals surface area contributed by atoms with Crippen molar-refractivity contribution in [3.8, 4) is 22.7 Å². The highest BCUT2D eigenvalue weighted by molar-refractivity contribution is 6.32. The molecule has 1 aliphatic heterocycles. The summed E-state index contributed by atoms with van der Waals surface area (Å²) in [5, 5.41) is 9.35. The van der Waals surface area contributed by atoms with E-state index in [1.807, 2.05) is 53.2 Å². The zero-order valence-corrected chi connectivity index (χ0v) is 20.0. The number of para-hydroxylation sites is 1. The lowest BCUT2D eigenvalue weighted by Crippen LogP contribution is -2.31. The highest BCUT2D eigenvalue weighted by atomic mass is 35.5. The van der Waals surface area contributed by atoms with Gasteiger partial charge in [-0.25, -0.2) is 4.68 Å². The van der Waals surface area contributed by atoms with Crippen molar-refractivity contribution in [1.29, 1.82) is 0 Å². The summed E-state index contributed by atoms with van der Waals surface area (Å²) in [6.45, 7) is 6.71. The van der Waals surface area contributed by atoms with Gasteiger partial charge < -0.3 is 10.1 Å². The molecule has 0 aliphatic carbocycles. The van der Waals surface area contributed by atoms with Crippen molar-refractivity contribution >= 4 is 29.1 Å². The fourth-order valence-corrected chi connectivity index (χ4v) is 4.26. The number of nitrogens with zero attached hydrogens (tertiary/aromatic N) is 2. The standard InChI is InChI=1S/C25H27Cl2N3O2/c1-25(2,3)15-21(31)28-19-8-6-14-32-24-22(19)29-30(20-9-5-4-7-18(20)27)23(24)16-10-12-17(26)13-11-16/h4-5,7,9-13,19H,6,8,14-15H2,1-3H3,(H,28,31). The summed E-state index contributed by atoms with van der Waals surface area (Å²) in [5.41, 5.74) is 3.07. The molecule has 0 bridgehead atoms. The summed E-state index contributed by atoms with van der Waals surface area (Å²) in [6, 6.07) is 14.9. The van der Waals surface area contributed by atoms with Gasteiger partial charge in [0.25, 0.3) is 0 Å². The van der Waals surface area contributed by atoms with Crippen molar-refractivity contribution in [2.45, 2.75) is 46.1 Å². The summed E-state index contributed by atoms with van der Waals surface area (Å²) in [6.07, 6.45) is 2.01. The minimum absolute atomic E-state index is 0.00989. The van der Waals surface area contributed by atoms with E-state index in [4.69, 9.17) is 33.0 Å². The summed E-state index contributed by atoms with van der Waals surface area (Å²) < 4.78 is 8.02. The maximum Gasteiger partial charge on any atom is 0.221 e. The molecule has 0 radical (unpaired) electrons. The summed E-state index contributed by atoms with van der Waals surface area (Å²) in [7, 11) is 0. The summed E-state index contributed by atoms with van der Waals surface area (Å²) in [4.78, 5) is 12.7. The molecule has 1 N–H and O–H groups in total. The number of benzene rings is 2. The van der Waals surface area contributed by atoms with Crippen molar-refractivity contribution in [3.05, 3.63) is 64.3 Å². The van der Waals surface area contributed by atoms with Gasteiger partial charge in [0.05, 0.1) is 23.4 Å². The van der Waals surface area contributed by atoms with Crippen LogP contribution in [0.4, 0.5) is 0 Å². The van der Waals surface area contributed by atoms with Gasteiger partial charge in [-0.2, -0.15) is 5.10 Å². The molecule has 1 amide bonds. The first kappa shape index (κ1) is 22.7. The molecule has 1 aromatic heterocycles. The van der Waals surface area contributed by atoms with Crippen LogP contribution in [0, 0.1) is 5.41 Å². The first-order chi connectivity index (χ1) is 15.2. The van der Waals surface area contributed by atoms with Crippen LogP contribution in [0.25, 0.3) is 16.9 Å². The molecule has 1 atom stereocenters. The lowest BCUT2D eigenvalue weighted by Gasteiger charge is -2.20. The highest BCUT2D eigenvalue weighted by Crippen LogP contribution is 2.42. The van der Waals surface area contributed by atoms with Crippen molar-refractivity contribution < 1.29 is 9.53 Å². The van der Waals surface area contributed by atoms with E-state index in [9.17, 15) is 4.79 Å². The number of halogens is 2. The van der Waals surface area contributed by atoms with Crippen molar-refractivity contribution in [2.75, 3.05) is 6.61 Å². The number of carbonyl (C=O) groups is 1. The maximum atomic E-state index is 12.7. The SMILES string of the molecule is CC(C)(C)CC(=O)NC1CCCOc2c1nn(-c1ccccc1Cl)c2-c1ccc(Cl)cc1. The van der Waals surface area contributed by atoms with Gasteiger partial charge in [0, 0.05) is 17.0 Å². The zero-order valence-electron chi connectivity index (χ0n) is 18.5. The van der Waals surface area contributed by atoms with E-state index in [1.54, 1.807) is 0 Å². The minimum Gasteiger partial charge on any atom is -0.489 e. The average molecular weight is 472 g/mol. The molecule has 2 aromatic carbocycles. The minimum atomic E-state index is -0.239. The summed E-state index contributed by atoms with van der Waals surface area (Å²) >= 11 is 12.7. The van der Waals surface area contributed by atoms with E-state index in [-0.39, 0.29) is 17.4 Å². The third kappa shape index (κ3) is 4.94. The molecule has 0 saturated carbocycles. The van der Waals surface area contributed by atoms with E-state index in [1.165, 1.54) is 0 Å². The van der Waals surface area contributed by atoms with Crippen LogP contribution in [-0.2, 0) is 4.79 Å². The number of amides is 1. The topological polar surface area (TPSA) is 56.1 Å². The monoisotopic (exact) mass is 471 g/mol. The van der Waals surface area contributed by atoms with Crippen LogP contribution in [0.15, 0.2) is 48.5 Å². The van der Waals surface area contributed by atoms with Crippen LogP contribution in [0.2, 0.25) is 10.0 Å². The Hall–Kier alpha value is -2.50. The largest absolute Gasteiger partial charge is 0.489 e. The first-order valence-electron chi connectivity index (χ1n) is 10.8. The Bertz CT molecular complexity index is 1120. The molecule has 7 heteroatoms. The molecular formula is C25H27Cl2N3O2. The predicted octanol–water partition coefficient (Wildman–Crippen LogP) is 6.61. The van der Waals surface area contributed by atoms with Gasteiger partial charge in [-0.15, -0.1) is 0 Å². The highest BCUT2D eigenvalue weighted by Gasteiger charge is 2.31. The molecule has 0 saturated heterocycles. The fraction of sp³-hybridized carbons (Fsp3) is 0.360. The van der Waals surface area contributed by atoms with Crippen molar-refractivity contribution in [1.82, 2.24) is 15.1 Å². The average Bonchev–Trinajstić information content (AvgIpc) is 2.98. The van der Waals surface area contributed by atoms with E-state index in [2.05, 4.69) is 26.1 Å². The Morgan fingerprint density at radius 2 is 1.88 bits per heavy atom. The van der Waals surface area contributed by atoms with E-state index < -0.39 is 0 Å². The van der Waals surface area contributed by atoms with Gasteiger partial charge in [-0.3, -0.25) is 4.79 Å². The molecule has 0 fully saturated rings. The van der Waals surface area contributed by atoms with Gasteiger partial charge in [0.15, 0.2) is 5.75 Å². The fourth-order valence-electron chi connectivity index (χ4n) is 3.92. The second-order valence-corrected chi connectivity index (χ2v) is 10.1. The van der Waals surface area contributed by atoms with Gasteiger partial charge in [-0.1, -0.05) is 68.2 Å². The molecule has 1 aliphatic rings. The Morgan fingerprint density at radius 3 is 2.56 bits per heavy atom. The van der Waals surface area contributed by atoms with Gasteiger partial charge in [0.1, 0.15) is 11.4 Å². The van der Waals surface area contributed by atoms with Crippen LogP contribution in [-0.4, -0.2) is 22.3 Å². The number of ether oxygens (including phenoxy) is 1. The molecule has 0 spiro atoms. The Balaban J connectivity index is 1.84. The third-order valence-corrected chi connectivity index (χ3v) is 5.88. The molecule has 5 nitrogen and oxygen atoms in total. The number of aromatic nitrogens is 2. The smallest absolute Gasteiger partial charge is 0.221 e. The second kappa shape index (κ2) is 9.16. The van der Waals surface area contributed by atoms with Crippen LogP contribution in [0.5, 0.6) is 5.75 Å². The molecule has 32 heavy (non-hydrogen) atoms. The number of carbonyl (C=O) groups excluding carboxylic acids is 1. The maximum absolute atomic E-state index is 12.7. The molecule has 4 rings (SSSR count). The molecule has 3 aromatic rings. The zero-order chi connectivity index (χ0) is 22.9. The van der Waals surface area contributed by atoms with Crippen LogP contribution < -0.4 is 10.1 Å². The van der Waals surface area contributed by atoms with Gasteiger partial charge in [-0.05, 0) is 42.5 Å². The normalized spacial score (nSPS) is 16.1. The Labute approximate surface area is 198 Å².